The number of methoxy groups -OCH3 is 1. The van der Waals surface area contributed by atoms with Crippen LogP contribution in [0.5, 0.6) is 5.75 Å². The molecule has 1 atom stereocenters. The molecular weight excluding hydrogens is 390 g/mol. The number of benzene rings is 2. The smallest absolute Gasteiger partial charge is 0.285 e. The van der Waals surface area contributed by atoms with Crippen LogP contribution in [0, 0.1) is 5.92 Å². The van der Waals surface area contributed by atoms with E-state index < -0.39 is 10.0 Å². The number of amides is 1. The average Bonchev–Trinajstić information content (AvgIpc) is 3.03. The molecule has 4 rings (SSSR count). The lowest BCUT2D eigenvalue weighted by Crippen LogP contribution is -2.45. The van der Waals surface area contributed by atoms with Gasteiger partial charge in [-0.25, -0.2) is 0 Å². The molecule has 0 aliphatic carbocycles. The molecule has 2 aromatic rings. The Morgan fingerprint density at radius 2 is 1.97 bits per heavy atom. The number of rotatable bonds is 4. The lowest BCUT2D eigenvalue weighted by Gasteiger charge is -2.33. The third-order valence-corrected chi connectivity index (χ3v) is 6.67. The second kappa shape index (κ2) is 7.87. The van der Waals surface area contributed by atoms with Crippen LogP contribution in [-0.2, 0) is 21.4 Å². The van der Waals surface area contributed by atoms with Crippen molar-refractivity contribution in [3.63, 3.8) is 0 Å². The first-order chi connectivity index (χ1) is 14.0. The summed E-state index contributed by atoms with van der Waals surface area (Å²) in [7, 11) is -2.06. The zero-order valence-electron chi connectivity index (χ0n) is 16.2. The van der Waals surface area contributed by atoms with Gasteiger partial charge < -0.3 is 15.0 Å². The number of carbonyl (C=O) groups excluding carboxylic acids is 1. The van der Waals surface area contributed by atoms with Gasteiger partial charge in [0.15, 0.2) is 5.84 Å². The lowest BCUT2D eigenvalue weighted by atomic mass is 9.96. The Hall–Kier alpha value is -2.87. The summed E-state index contributed by atoms with van der Waals surface area (Å²) in [4.78, 5) is 14.9. The van der Waals surface area contributed by atoms with E-state index in [1.807, 2.05) is 29.2 Å². The van der Waals surface area contributed by atoms with E-state index in [0.717, 1.165) is 24.2 Å². The van der Waals surface area contributed by atoms with Crippen LogP contribution < -0.4 is 10.1 Å². The summed E-state index contributed by atoms with van der Waals surface area (Å²) in [6, 6.07) is 14.4. The molecule has 1 saturated heterocycles. The topological polar surface area (TPSA) is 88.1 Å². The standard InChI is InChI=1S/C21H23N3O4S/c1-28-18-10-4-2-7-15(18)13-22-21(25)16-8-6-12-24(14-16)20-17-9-3-5-11-19(17)29(26,27)23-20/h2-5,7,9-11,16H,6,8,12-14H2,1H3,(H,22,25). The first-order valence-electron chi connectivity index (χ1n) is 9.58. The second-order valence-electron chi connectivity index (χ2n) is 7.20. The Labute approximate surface area is 170 Å². The van der Waals surface area contributed by atoms with Crippen molar-refractivity contribution in [3.8, 4) is 5.75 Å². The summed E-state index contributed by atoms with van der Waals surface area (Å²) in [5.74, 6) is 0.912. The van der Waals surface area contributed by atoms with Gasteiger partial charge in [-0.05, 0) is 31.0 Å². The molecular formula is C21H23N3O4S. The van der Waals surface area contributed by atoms with Crippen LogP contribution >= 0.6 is 0 Å². The normalized spacial score (nSPS) is 20.0. The molecule has 2 aromatic carbocycles. The highest BCUT2D eigenvalue weighted by molar-refractivity contribution is 7.90. The highest BCUT2D eigenvalue weighted by Gasteiger charge is 2.35. The van der Waals surface area contributed by atoms with E-state index in [0.29, 0.717) is 31.0 Å². The largest absolute Gasteiger partial charge is 0.496 e. The van der Waals surface area contributed by atoms with E-state index in [4.69, 9.17) is 4.74 Å². The SMILES string of the molecule is COc1ccccc1CNC(=O)C1CCCN(C2=NS(=O)(=O)c3ccccc32)C1. The molecule has 1 N–H and O–H groups in total. The van der Waals surface area contributed by atoms with Crippen molar-refractivity contribution in [1.29, 1.82) is 0 Å². The number of para-hydroxylation sites is 1. The summed E-state index contributed by atoms with van der Waals surface area (Å²) in [5.41, 5.74) is 1.53. The summed E-state index contributed by atoms with van der Waals surface area (Å²) in [6.07, 6.45) is 1.56. The van der Waals surface area contributed by atoms with E-state index in [2.05, 4.69) is 9.71 Å². The fraction of sp³-hybridized carbons (Fsp3) is 0.333. The van der Waals surface area contributed by atoms with E-state index in [-0.39, 0.29) is 16.7 Å². The molecule has 0 aromatic heterocycles. The van der Waals surface area contributed by atoms with Crippen molar-refractivity contribution < 1.29 is 17.9 Å². The maximum absolute atomic E-state index is 12.8. The number of likely N-dealkylation sites (tertiary alicyclic amines) is 1. The highest BCUT2D eigenvalue weighted by atomic mass is 32.2. The molecule has 2 aliphatic rings. The zero-order valence-corrected chi connectivity index (χ0v) is 17.0. The van der Waals surface area contributed by atoms with Gasteiger partial charge in [0.2, 0.25) is 5.91 Å². The van der Waals surface area contributed by atoms with Crippen LogP contribution in [-0.4, -0.2) is 45.3 Å². The first kappa shape index (κ1) is 19.4. The van der Waals surface area contributed by atoms with Crippen LogP contribution in [0.3, 0.4) is 0 Å². The molecule has 7 nitrogen and oxygen atoms in total. The number of nitrogens with zero attached hydrogens (tertiary/aromatic N) is 2. The molecule has 0 radical (unpaired) electrons. The molecule has 152 valence electrons. The highest BCUT2D eigenvalue weighted by Crippen LogP contribution is 2.29. The minimum absolute atomic E-state index is 0.0460. The summed E-state index contributed by atoms with van der Waals surface area (Å²) in [5, 5.41) is 2.99. The third-order valence-electron chi connectivity index (χ3n) is 5.35. The fourth-order valence-electron chi connectivity index (χ4n) is 3.88. The van der Waals surface area contributed by atoms with Crippen molar-refractivity contribution in [1.82, 2.24) is 10.2 Å². The van der Waals surface area contributed by atoms with Crippen molar-refractivity contribution in [2.45, 2.75) is 24.3 Å². The van der Waals surface area contributed by atoms with E-state index in [9.17, 15) is 13.2 Å². The molecule has 0 bridgehead atoms. The monoisotopic (exact) mass is 413 g/mol. The number of fused-ring (bicyclic) bond motifs is 1. The maximum atomic E-state index is 12.8. The average molecular weight is 413 g/mol. The maximum Gasteiger partial charge on any atom is 0.285 e. The van der Waals surface area contributed by atoms with Gasteiger partial charge in [-0.2, -0.15) is 8.42 Å². The minimum atomic E-state index is -3.66. The molecule has 1 amide bonds. The van der Waals surface area contributed by atoms with Crippen molar-refractivity contribution in [2.75, 3.05) is 20.2 Å². The second-order valence-corrected chi connectivity index (χ2v) is 8.77. The molecule has 2 heterocycles. The third kappa shape index (κ3) is 3.85. The Bertz CT molecular complexity index is 1070. The Morgan fingerprint density at radius 1 is 1.21 bits per heavy atom. The van der Waals surface area contributed by atoms with E-state index in [1.54, 1.807) is 31.4 Å². The number of sulfonamides is 1. The van der Waals surface area contributed by atoms with Crippen LogP contribution in [0.25, 0.3) is 0 Å². The number of piperidine rings is 1. The molecule has 2 aliphatic heterocycles. The van der Waals surface area contributed by atoms with Crippen LogP contribution in [0.4, 0.5) is 0 Å². The number of nitrogens with one attached hydrogen (secondary N) is 1. The van der Waals surface area contributed by atoms with Gasteiger partial charge in [-0.15, -0.1) is 4.40 Å². The Kier molecular flexibility index (Phi) is 5.27. The number of amidine groups is 1. The van der Waals surface area contributed by atoms with Gasteiger partial charge >= 0.3 is 0 Å². The van der Waals surface area contributed by atoms with Gasteiger partial charge in [0.25, 0.3) is 10.0 Å². The summed E-state index contributed by atoms with van der Waals surface area (Å²) >= 11 is 0. The van der Waals surface area contributed by atoms with Crippen molar-refractivity contribution >= 4 is 21.8 Å². The number of carbonyl (C=O) groups is 1. The molecule has 0 spiro atoms. The minimum Gasteiger partial charge on any atom is -0.496 e. The first-order valence-corrected chi connectivity index (χ1v) is 11.0. The zero-order chi connectivity index (χ0) is 20.4. The number of hydrogen-bond donors (Lipinski definition) is 1. The van der Waals surface area contributed by atoms with Crippen molar-refractivity contribution in [3.05, 3.63) is 59.7 Å². The van der Waals surface area contributed by atoms with Crippen LogP contribution in [0.2, 0.25) is 0 Å². The molecule has 1 unspecified atom stereocenters. The van der Waals surface area contributed by atoms with E-state index in [1.165, 1.54) is 0 Å². The Morgan fingerprint density at radius 3 is 2.79 bits per heavy atom. The molecule has 8 heteroatoms. The van der Waals surface area contributed by atoms with E-state index >= 15 is 0 Å². The Balaban J connectivity index is 1.46. The quantitative estimate of drug-likeness (QED) is 0.830. The van der Waals surface area contributed by atoms with Crippen LogP contribution in [0.1, 0.15) is 24.0 Å². The summed E-state index contributed by atoms with van der Waals surface area (Å²) in [6.45, 7) is 1.51. The molecule has 0 saturated carbocycles. The van der Waals surface area contributed by atoms with Crippen molar-refractivity contribution in [2.24, 2.45) is 10.3 Å². The predicted molar refractivity (Wildman–Crippen MR) is 109 cm³/mol. The lowest BCUT2D eigenvalue weighted by molar-refractivity contribution is -0.126. The van der Waals surface area contributed by atoms with Gasteiger partial charge in [-0.1, -0.05) is 30.3 Å². The van der Waals surface area contributed by atoms with Gasteiger partial charge in [0.05, 0.1) is 13.0 Å². The summed E-state index contributed by atoms with van der Waals surface area (Å²) < 4.78 is 34.0. The van der Waals surface area contributed by atoms with Crippen LogP contribution in [0.15, 0.2) is 57.8 Å². The predicted octanol–water partition coefficient (Wildman–Crippen LogP) is 2.17. The fourth-order valence-corrected chi connectivity index (χ4v) is 5.10. The van der Waals surface area contributed by atoms with Gasteiger partial charge in [-0.3, -0.25) is 4.79 Å². The van der Waals surface area contributed by atoms with Gasteiger partial charge in [0.1, 0.15) is 10.6 Å². The molecule has 29 heavy (non-hydrogen) atoms. The van der Waals surface area contributed by atoms with Gasteiger partial charge in [0, 0.05) is 30.8 Å². The number of ether oxygens (including phenoxy) is 1. The molecule has 1 fully saturated rings. The number of hydrogen-bond acceptors (Lipinski definition) is 5.